The number of nitrogens with zero attached hydrogens (tertiary/aromatic N) is 1. The van der Waals surface area contributed by atoms with Gasteiger partial charge in [-0.05, 0) is 0 Å². The van der Waals surface area contributed by atoms with Crippen LogP contribution < -0.4 is 4.57 Å². The van der Waals surface area contributed by atoms with Crippen LogP contribution in [0.25, 0.3) is 0 Å². The maximum absolute atomic E-state index is 13.3. The zero-order chi connectivity index (χ0) is 9.35. The quantitative estimate of drug-likeness (QED) is 0.633. The molecule has 0 radical (unpaired) electrons. The van der Waals surface area contributed by atoms with E-state index in [1.54, 1.807) is 17.1 Å². The van der Waals surface area contributed by atoms with E-state index < -0.39 is 11.8 Å². The van der Waals surface area contributed by atoms with Crippen LogP contribution in [0.5, 0.6) is 0 Å². The topological polar surface area (TPSA) is 3.88 Å². The van der Waals surface area contributed by atoms with Crippen molar-refractivity contribution < 1.29 is 13.3 Å². The minimum absolute atomic E-state index is 0.139. The molecule has 0 fully saturated rings. The van der Waals surface area contributed by atoms with Crippen molar-refractivity contribution in [1.29, 1.82) is 0 Å². The van der Waals surface area contributed by atoms with Gasteiger partial charge in [0.05, 0.1) is 0 Å². The van der Waals surface area contributed by atoms with Crippen LogP contribution in [0, 0.1) is 5.92 Å². The number of aromatic nitrogens is 1. The Morgan fingerprint density at radius 1 is 1.50 bits per heavy atom. The zero-order valence-corrected chi connectivity index (χ0v) is 8.16. The van der Waals surface area contributed by atoms with E-state index in [9.17, 15) is 8.78 Å². The molecule has 0 aliphatic carbocycles. The molecule has 1 nitrogen and oxygen atoms in total. The summed E-state index contributed by atoms with van der Waals surface area (Å²) >= 11 is 1.10. The van der Waals surface area contributed by atoms with Crippen LogP contribution in [0.1, 0.15) is 18.7 Å². The monoisotopic (exact) mass is 192 g/mol. The first kappa shape index (κ1) is 9.58. The van der Waals surface area contributed by atoms with Gasteiger partial charge in [-0.25, -0.2) is 0 Å². The highest BCUT2D eigenvalue weighted by Crippen LogP contribution is 2.36. The standard InChI is InChI=1S/C8H12F2NS/c1-6(2)8(9,10)7-4-11(3)5-12-7/h4-6H,1-3H3/q+1. The molecule has 1 aromatic rings. The molecule has 68 valence electrons. The van der Waals surface area contributed by atoms with Crippen molar-refractivity contribution in [3.63, 3.8) is 0 Å². The van der Waals surface area contributed by atoms with Crippen molar-refractivity contribution in [2.24, 2.45) is 13.0 Å². The molecule has 12 heavy (non-hydrogen) atoms. The van der Waals surface area contributed by atoms with Crippen molar-refractivity contribution in [3.05, 3.63) is 16.6 Å². The molecule has 0 spiro atoms. The second-order valence-corrected chi connectivity index (χ2v) is 4.05. The number of thiazole rings is 1. The van der Waals surface area contributed by atoms with E-state index in [4.69, 9.17) is 0 Å². The molecule has 0 bridgehead atoms. The lowest BCUT2D eigenvalue weighted by atomic mass is 10.1. The number of rotatable bonds is 2. The van der Waals surface area contributed by atoms with Crippen molar-refractivity contribution in [1.82, 2.24) is 0 Å². The van der Waals surface area contributed by atoms with E-state index >= 15 is 0 Å². The molecule has 0 aliphatic rings. The molecule has 0 unspecified atom stereocenters. The molecular weight excluding hydrogens is 180 g/mol. The van der Waals surface area contributed by atoms with Crippen LogP contribution in [-0.2, 0) is 13.0 Å². The van der Waals surface area contributed by atoms with Gasteiger partial charge in [-0.1, -0.05) is 25.2 Å². The Hall–Kier alpha value is -0.510. The van der Waals surface area contributed by atoms with Crippen LogP contribution >= 0.6 is 11.3 Å². The Morgan fingerprint density at radius 2 is 2.08 bits per heavy atom. The van der Waals surface area contributed by atoms with Gasteiger partial charge in [-0.15, -0.1) is 0 Å². The fourth-order valence-corrected chi connectivity index (χ4v) is 1.80. The minimum atomic E-state index is -2.69. The van der Waals surface area contributed by atoms with Crippen molar-refractivity contribution in [3.8, 4) is 0 Å². The molecule has 0 saturated carbocycles. The lowest BCUT2D eigenvalue weighted by Crippen LogP contribution is -2.25. The van der Waals surface area contributed by atoms with Crippen LogP contribution in [-0.4, -0.2) is 0 Å². The van der Waals surface area contributed by atoms with Crippen LogP contribution in [0.4, 0.5) is 8.78 Å². The molecule has 1 heterocycles. The fourth-order valence-electron chi connectivity index (χ4n) is 0.835. The number of hydrogen-bond donors (Lipinski definition) is 0. The van der Waals surface area contributed by atoms with Crippen LogP contribution in [0.2, 0.25) is 0 Å². The maximum Gasteiger partial charge on any atom is 0.290 e. The molecule has 0 saturated heterocycles. The molecule has 0 atom stereocenters. The largest absolute Gasteiger partial charge is 0.290 e. The van der Waals surface area contributed by atoms with E-state index in [0.717, 1.165) is 11.3 Å². The third-order valence-corrected chi connectivity index (χ3v) is 2.79. The Balaban J connectivity index is 2.97. The number of hydrogen-bond acceptors (Lipinski definition) is 1. The summed E-state index contributed by atoms with van der Waals surface area (Å²) in [5, 5.41) is 0. The Bertz CT molecular complexity index is 268. The summed E-state index contributed by atoms with van der Waals surface area (Å²) in [6.07, 6.45) is 1.48. The lowest BCUT2D eigenvalue weighted by Gasteiger charge is -2.16. The van der Waals surface area contributed by atoms with Crippen molar-refractivity contribution >= 4 is 11.3 Å². The first-order chi connectivity index (χ1) is 5.44. The highest BCUT2D eigenvalue weighted by molar-refractivity contribution is 7.09. The number of aryl methyl sites for hydroxylation is 1. The summed E-state index contributed by atoms with van der Waals surface area (Å²) in [5.41, 5.74) is 1.67. The van der Waals surface area contributed by atoms with E-state index in [2.05, 4.69) is 0 Å². The third-order valence-electron chi connectivity index (χ3n) is 1.72. The van der Waals surface area contributed by atoms with Gasteiger partial charge < -0.3 is 0 Å². The van der Waals surface area contributed by atoms with Gasteiger partial charge in [0, 0.05) is 5.92 Å². The van der Waals surface area contributed by atoms with Gasteiger partial charge in [0.25, 0.3) is 5.92 Å². The van der Waals surface area contributed by atoms with Gasteiger partial charge >= 0.3 is 0 Å². The predicted octanol–water partition coefficient (Wildman–Crippen LogP) is 2.32. The zero-order valence-electron chi connectivity index (χ0n) is 7.34. The van der Waals surface area contributed by atoms with Gasteiger partial charge in [-0.2, -0.15) is 13.3 Å². The first-order valence-electron chi connectivity index (χ1n) is 3.76. The van der Waals surface area contributed by atoms with Gasteiger partial charge in [0.1, 0.15) is 11.9 Å². The second kappa shape index (κ2) is 3.09. The van der Waals surface area contributed by atoms with E-state index in [1.165, 1.54) is 20.0 Å². The highest BCUT2D eigenvalue weighted by Gasteiger charge is 2.39. The average Bonchev–Trinajstić information content (AvgIpc) is 2.35. The lowest BCUT2D eigenvalue weighted by molar-refractivity contribution is -0.667. The van der Waals surface area contributed by atoms with Crippen LogP contribution in [0.15, 0.2) is 11.7 Å². The molecule has 1 rings (SSSR count). The summed E-state index contributed by atoms with van der Waals surface area (Å²) in [7, 11) is 1.75. The molecule has 0 aliphatic heterocycles. The van der Waals surface area contributed by atoms with Crippen LogP contribution in [0.3, 0.4) is 0 Å². The molecule has 1 aromatic heterocycles. The Labute approximate surface area is 74.7 Å². The minimum Gasteiger partial charge on any atom is -0.200 e. The van der Waals surface area contributed by atoms with Crippen molar-refractivity contribution in [2.45, 2.75) is 19.8 Å². The normalized spacial score (nSPS) is 12.5. The summed E-state index contributed by atoms with van der Waals surface area (Å²) in [5.74, 6) is -3.33. The Morgan fingerprint density at radius 3 is 2.42 bits per heavy atom. The Kier molecular flexibility index (Phi) is 2.46. The summed E-state index contributed by atoms with van der Waals surface area (Å²) in [6, 6.07) is 0. The second-order valence-electron chi connectivity index (χ2n) is 3.16. The smallest absolute Gasteiger partial charge is 0.200 e. The first-order valence-corrected chi connectivity index (χ1v) is 4.64. The molecule has 0 N–H and O–H groups in total. The molecule has 4 heteroatoms. The van der Waals surface area contributed by atoms with Crippen molar-refractivity contribution in [2.75, 3.05) is 0 Å². The molecular formula is C8H12F2NS+. The fraction of sp³-hybridized carbons (Fsp3) is 0.625. The summed E-state index contributed by atoms with van der Waals surface area (Å²) < 4.78 is 28.2. The van der Waals surface area contributed by atoms with E-state index in [1.807, 2.05) is 0 Å². The third kappa shape index (κ3) is 1.63. The summed E-state index contributed by atoms with van der Waals surface area (Å²) in [4.78, 5) is 0.139. The van der Waals surface area contributed by atoms with Gasteiger partial charge in [0.15, 0.2) is 6.20 Å². The van der Waals surface area contributed by atoms with E-state index in [-0.39, 0.29) is 4.88 Å². The van der Waals surface area contributed by atoms with E-state index in [0.29, 0.717) is 0 Å². The predicted molar refractivity (Wildman–Crippen MR) is 44.2 cm³/mol. The van der Waals surface area contributed by atoms with Gasteiger partial charge in [-0.3, -0.25) is 0 Å². The number of alkyl halides is 2. The molecule has 0 aromatic carbocycles. The van der Waals surface area contributed by atoms with Gasteiger partial charge in [0.2, 0.25) is 5.51 Å². The highest BCUT2D eigenvalue weighted by atomic mass is 32.1. The maximum atomic E-state index is 13.3. The average molecular weight is 192 g/mol. The molecule has 0 amide bonds. The summed E-state index contributed by atoms with van der Waals surface area (Å²) in [6.45, 7) is 3.06. The SMILES string of the molecule is CC(C)C(F)(F)c1c[n+](C)cs1. The number of halogens is 2.